The average molecular weight is 220 g/mol. The molecule has 0 atom stereocenters. The van der Waals surface area contributed by atoms with Gasteiger partial charge in [-0.05, 0) is 0 Å². The number of hydrogen-bond donors (Lipinski definition) is 2. The number of anilines is 2. The molecule has 2 aromatic rings. The fraction of sp³-hybridized carbons (Fsp3) is 0.333. The molecule has 0 unspecified atom stereocenters. The number of carbonyl (C=O) groups excluding carboxylic acids is 1. The lowest BCUT2D eigenvalue weighted by atomic mass is 10.3. The third-order valence-corrected chi connectivity index (χ3v) is 2.28. The Labute approximate surface area is 91.9 Å². The predicted octanol–water partition coefficient (Wildman–Crippen LogP) is 0.297. The number of nitrogens with one attached hydrogen (secondary N) is 2. The van der Waals surface area contributed by atoms with Crippen LogP contribution in [0.3, 0.4) is 0 Å². The Morgan fingerprint density at radius 1 is 1.56 bits per heavy atom. The Balaban J connectivity index is 2.74. The molecule has 0 aliphatic rings. The van der Waals surface area contributed by atoms with Crippen LogP contribution >= 0.6 is 0 Å². The Morgan fingerprint density at radius 2 is 2.38 bits per heavy atom. The molecule has 0 aromatic carbocycles. The lowest BCUT2D eigenvalue weighted by molar-refractivity contribution is -0.105. The number of nitrogens with zero attached hydrogens (tertiary/aromatic N) is 4. The summed E-state index contributed by atoms with van der Waals surface area (Å²) in [4.78, 5) is 14.9. The molecule has 84 valence electrons. The predicted molar refractivity (Wildman–Crippen MR) is 59.4 cm³/mol. The fourth-order valence-electron chi connectivity index (χ4n) is 1.56. The van der Waals surface area contributed by atoms with E-state index < -0.39 is 0 Å². The van der Waals surface area contributed by atoms with Gasteiger partial charge >= 0.3 is 0 Å². The largest absolute Gasteiger partial charge is 0.371 e. The maximum absolute atomic E-state index is 10.5. The van der Waals surface area contributed by atoms with Crippen molar-refractivity contribution in [3.8, 4) is 0 Å². The molecule has 0 aliphatic carbocycles. The molecule has 0 radical (unpaired) electrons. The first-order valence-corrected chi connectivity index (χ1v) is 4.92. The van der Waals surface area contributed by atoms with Crippen molar-refractivity contribution < 1.29 is 4.79 Å². The highest BCUT2D eigenvalue weighted by Crippen LogP contribution is 2.23. The smallest absolute Gasteiger partial charge is 0.211 e. The topological polar surface area (TPSA) is 84.2 Å². The van der Waals surface area contributed by atoms with Crippen LogP contribution in [0.25, 0.3) is 5.65 Å². The van der Waals surface area contributed by atoms with Crippen LogP contribution in [0.4, 0.5) is 11.5 Å². The van der Waals surface area contributed by atoms with Crippen LogP contribution in [0.1, 0.15) is 12.7 Å². The van der Waals surface area contributed by atoms with Crippen LogP contribution in [-0.4, -0.2) is 33.0 Å². The van der Waals surface area contributed by atoms with Crippen molar-refractivity contribution >= 4 is 23.6 Å². The molecule has 0 saturated carbocycles. The molecule has 16 heavy (non-hydrogen) atoms. The maximum Gasteiger partial charge on any atom is 0.211 e. The molecule has 2 aromatic heterocycles. The normalized spacial score (nSPS) is 10.4. The van der Waals surface area contributed by atoms with E-state index in [0.717, 1.165) is 12.2 Å². The second kappa shape index (κ2) is 4.13. The summed E-state index contributed by atoms with van der Waals surface area (Å²) in [6.45, 7) is 1.99. The van der Waals surface area contributed by atoms with Crippen LogP contribution in [0.5, 0.6) is 0 Å². The Kier molecular flexibility index (Phi) is 2.67. The van der Waals surface area contributed by atoms with E-state index in [2.05, 4.69) is 25.8 Å². The summed E-state index contributed by atoms with van der Waals surface area (Å²) in [5.74, 6) is 1.42. The van der Waals surface area contributed by atoms with Crippen LogP contribution < -0.4 is 10.6 Å². The molecule has 0 aliphatic heterocycles. The van der Waals surface area contributed by atoms with Gasteiger partial charge in [-0.25, -0.2) is 4.98 Å². The van der Waals surface area contributed by atoms with Crippen LogP contribution in [0.15, 0.2) is 6.33 Å². The molecule has 1 amide bonds. The van der Waals surface area contributed by atoms with Crippen molar-refractivity contribution in [3.63, 3.8) is 0 Å². The van der Waals surface area contributed by atoms with Crippen molar-refractivity contribution in [1.82, 2.24) is 19.6 Å². The van der Waals surface area contributed by atoms with Gasteiger partial charge in [0.1, 0.15) is 17.8 Å². The van der Waals surface area contributed by atoms with Gasteiger partial charge in [0.25, 0.3) is 0 Å². The van der Waals surface area contributed by atoms with Gasteiger partial charge in [-0.1, -0.05) is 6.92 Å². The summed E-state index contributed by atoms with van der Waals surface area (Å²) < 4.78 is 1.76. The highest BCUT2D eigenvalue weighted by Gasteiger charge is 2.13. The highest BCUT2D eigenvalue weighted by atomic mass is 16.1. The number of fused-ring (bicyclic) bond motifs is 1. The summed E-state index contributed by atoms with van der Waals surface area (Å²) in [7, 11) is 1.74. The van der Waals surface area contributed by atoms with E-state index >= 15 is 0 Å². The number of hydrogen-bond acceptors (Lipinski definition) is 5. The zero-order valence-corrected chi connectivity index (χ0v) is 9.06. The molecule has 2 heterocycles. The van der Waals surface area contributed by atoms with Crippen molar-refractivity contribution in [3.05, 3.63) is 12.2 Å². The summed E-state index contributed by atoms with van der Waals surface area (Å²) in [6.07, 6.45) is 2.93. The highest BCUT2D eigenvalue weighted by molar-refractivity contribution is 5.88. The second-order valence-electron chi connectivity index (χ2n) is 3.14. The molecule has 0 saturated heterocycles. The second-order valence-corrected chi connectivity index (χ2v) is 3.14. The van der Waals surface area contributed by atoms with Gasteiger partial charge in [0.2, 0.25) is 6.41 Å². The molecule has 2 rings (SSSR count). The lowest BCUT2D eigenvalue weighted by Gasteiger charge is -2.10. The van der Waals surface area contributed by atoms with E-state index in [4.69, 9.17) is 0 Å². The van der Waals surface area contributed by atoms with Crippen LogP contribution in [0.2, 0.25) is 0 Å². The van der Waals surface area contributed by atoms with Crippen molar-refractivity contribution in [2.24, 2.45) is 0 Å². The molecular weight excluding hydrogens is 208 g/mol. The quantitative estimate of drug-likeness (QED) is 0.724. The maximum atomic E-state index is 10.5. The standard InChI is InChI=1S/C9H12N6O/c1-3-6-13-8(10-2)7(11-5-16)9-14-12-4-15(6)9/h4-5,10H,3H2,1-2H3,(H,11,16). The summed E-state index contributed by atoms with van der Waals surface area (Å²) in [6, 6.07) is 0. The minimum absolute atomic E-state index is 0.534. The Bertz CT molecular complexity index is 520. The molecule has 0 spiro atoms. The number of aromatic nitrogens is 4. The summed E-state index contributed by atoms with van der Waals surface area (Å²) >= 11 is 0. The van der Waals surface area contributed by atoms with Crippen molar-refractivity contribution in [2.45, 2.75) is 13.3 Å². The van der Waals surface area contributed by atoms with Gasteiger partial charge in [0.05, 0.1) is 0 Å². The fourth-order valence-corrected chi connectivity index (χ4v) is 1.56. The van der Waals surface area contributed by atoms with Crippen LogP contribution in [0, 0.1) is 0 Å². The zero-order chi connectivity index (χ0) is 11.5. The minimum atomic E-state index is 0.534. The molecule has 7 nitrogen and oxygen atoms in total. The molecule has 0 bridgehead atoms. The van der Waals surface area contributed by atoms with E-state index in [0.29, 0.717) is 23.6 Å². The first-order valence-electron chi connectivity index (χ1n) is 4.92. The number of rotatable bonds is 4. The SMILES string of the molecule is CCc1nc(NC)c(NC=O)c2nncn12. The van der Waals surface area contributed by atoms with Gasteiger partial charge in [-0.3, -0.25) is 9.20 Å². The van der Waals surface area contributed by atoms with Gasteiger partial charge in [-0.2, -0.15) is 0 Å². The van der Waals surface area contributed by atoms with Gasteiger partial charge in [-0.15, -0.1) is 10.2 Å². The molecule has 2 N–H and O–H groups in total. The van der Waals surface area contributed by atoms with E-state index in [1.165, 1.54) is 0 Å². The number of aryl methyl sites for hydroxylation is 1. The Morgan fingerprint density at radius 3 is 3.00 bits per heavy atom. The van der Waals surface area contributed by atoms with Crippen molar-refractivity contribution in [2.75, 3.05) is 17.7 Å². The third-order valence-electron chi connectivity index (χ3n) is 2.28. The first-order chi connectivity index (χ1) is 7.81. The van der Waals surface area contributed by atoms with Gasteiger partial charge in [0, 0.05) is 13.5 Å². The lowest BCUT2D eigenvalue weighted by Crippen LogP contribution is -2.09. The third kappa shape index (κ3) is 1.46. The molecule has 0 fully saturated rings. The number of amides is 1. The van der Waals surface area contributed by atoms with E-state index in [9.17, 15) is 4.79 Å². The van der Waals surface area contributed by atoms with Gasteiger partial charge < -0.3 is 10.6 Å². The zero-order valence-electron chi connectivity index (χ0n) is 9.06. The van der Waals surface area contributed by atoms with E-state index in [1.807, 2.05) is 6.92 Å². The van der Waals surface area contributed by atoms with Gasteiger partial charge in [0.15, 0.2) is 11.5 Å². The molecular formula is C9H12N6O. The van der Waals surface area contributed by atoms with Crippen molar-refractivity contribution in [1.29, 1.82) is 0 Å². The van der Waals surface area contributed by atoms with Crippen LogP contribution in [-0.2, 0) is 11.2 Å². The first kappa shape index (κ1) is 10.3. The Hall–Kier alpha value is -2.18. The van der Waals surface area contributed by atoms with E-state index in [-0.39, 0.29) is 0 Å². The average Bonchev–Trinajstić information content (AvgIpc) is 2.78. The summed E-state index contributed by atoms with van der Waals surface area (Å²) in [5.41, 5.74) is 1.12. The monoisotopic (exact) mass is 220 g/mol. The number of carbonyl (C=O) groups is 1. The van der Waals surface area contributed by atoms with E-state index in [1.54, 1.807) is 17.8 Å². The summed E-state index contributed by atoms with van der Waals surface area (Å²) in [5, 5.41) is 13.3. The minimum Gasteiger partial charge on any atom is -0.371 e. The molecule has 7 heteroatoms.